The van der Waals surface area contributed by atoms with Crippen LogP contribution in [0, 0.1) is 0 Å². The van der Waals surface area contributed by atoms with Crippen LogP contribution < -0.4 is 0 Å². The fourth-order valence-electron chi connectivity index (χ4n) is 2.90. The molecule has 0 unspecified atom stereocenters. The molecule has 0 aromatic heterocycles. The molecule has 0 atom stereocenters. The number of rotatable bonds is 3. The molecule has 4 bridgehead atoms. The van der Waals surface area contributed by atoms with Gasteiger partial charge in [0.2, 0.25) is 0 Å². The van der Waals surface area contributed by atoms with Crippen molar-refractivity contribution in [2.24, 2.45) is 4.99 Å². The fourth-order valence-corrected chi connectivity index (χ4v) is 2.90. The summed E-state index contributed by atoms with van der Waals surface area (Å²) < 4.78 is 0. The topological polar surface area (TPSA) is 69.9 Å². The molecule has 0 saturated heterocycles. The van der Waals surface area contributed by atoms with Crippen molar-refractivity contribution >= 4 is 12.2 Å². The Bertz CT molecular complexity index is 748. The van der Waals surface area contributed by atoms with Gasteiger partial charge in [0.25, 0.3) is 0 Å². The lowest BCUT2D eigenvalue weighted by Gasteiger charge is -2.14. The molecule has 0 aliphatic heterocycles. The Morgan fingerprint density at radius 2 is 1.52 bits per heavy atom. The third-order valence-corrected chi connectivity index (χ3v) is 4.23. The largest absolute Gasteiger partial charge is 0.507 e. The van der Waals surface area contributed by atoms with Crippen LogP contribution in [0.3, 0.4) is 0 Å². The molecule has 4 aliphatic rings. The van der Waals surface area contributed by atoms with Gasteiger partial charge >= 0.3 is 5.97 Å². The van der Waals surface area contributed by atoms with Crippen molar-refractivity contribution in [1.29, 1.82) is 0 Å². The number of aryl methyl sites for hydroxylation is 4. The molecule has 0 fully saturated rings. The van der Waals surface area contributed by atoms with Crippen molar-refractivity contribution < 1.29 is 15.0 Å². The Morgan fingerprint density at radius 3 is 2.13 bits per heavy atom. The van der Waals surface area contributed by atoms with Crippen LogP contribution in [-0.4, -0.2) is 28.9 Å². The number of phenolic OH excluding ortho intramolecular Hbond substituents is 1. The summed E-state index contributed by atoms with van der Waals surface area (Å²) in [6.07, 6.45) is 4.75. The van der Waals surface area contributed by atoms with Gasteiger partial charge in [-0.3, -0.25) is 9.79 Å². The van der Waals surface area contributed by atoms with Gasteiger partial charge in [-0.25, -0.2) is 0 Å². The lowest BCUT2D eigenvalue weighted by atomic mass is 9.92. The number of aliphatic imine (C=N–C) groups is 1. The Kier molecular flexibility index (Phi) is 4.42. The minimum absolute atomic E-state index is 0.228. The number of carboxylic acids is 1. The highest BCUT2D eigenvalue weighted by Gasteiger charge is 2.13. The maximum absolute atomic E-state index is 10.6. The van der Waals surface area contributed by atoms with Crippen molar-refractivity contribution in [3.05, 3.63) is 64.2 Å². The van der Waals surface area contributed by atoms with Gasteiger partial charge in [-0.15, -0.1) is 0 Å². The highest BCUT2D eigenvalue weighted by Crippen LogP contribution is 2.28. The van der Waals surface area contributed by atoms with E-state index in [0.29, 0.717) is 5.56 Å². The summed E-state index contributed by atoms with van der Waals surface area (Å²) in [5.41, 5.74) is 5.02. The van der Waals surface area contributed by atoms with E-state index in [0.717, 1.165) is 36.8 Å². The number of benzene rings is 2. The van der Waals surface area contributed by atoms with E-state index in [4.69, 9.17) is 5.11 Å². The number of hydrogen-bond acceptors (Lipinski definition) is 3. The van der Waals surface area contributed by atoms with Gasteiger partial charge in [0.05, 0.1) is 0 Å². The zero-order valence-electron chi connectivity index (χ0n) is 12.8. The van der Waals surface area contributed by atoms with E-state index in [9.17, 15) is 9.90 Å². The van der Waals surface area contributed by atoms with Gasteiger partial charge in [-0.05, 0) is 47.9 Å². The molecule has 0 saturated carbocycles. The lowest BCUT2D eigenvalue weighted by molar-refractivity contribution is -0.135. The van der Waals surface area contributed by atoms with Crippen molar-refractivity contribution in [1.82, 2.24) is 0 Å². The first-order valence-corrected chi connectivity index (χ1v) is 7.76. The zero-order valence-corrected chi connectivity index (χ0v) is 12.8. The lowest BCUT2D eigenvalue weighted by Crippen LogP contribution is -2.04. The molecule has 0 amide bonds. The van der Waals surface area contributed by atoms with Crippen LogP contribution in [0.25, 0.3) is 0 Å². The standard InChI is InChI=1S/C19H19NO3/c21-18(22)12-20-11-17-15-7-5-13-1-3-14(4-2-13)6-8-16(10-9-15)19(17)23/h1-4,9-11,23H,5-8,12H2,(H,21,22). The van der Waals surface area contributed by atoms with Crippen LogP contribution >= 0.6 is 0 Å². The predicted molar refractivity (Wildman–Crippen MR) is 89.5 cm³/mol. The Balaban J connectivity index is 1.98. The van der Waals surface area contributed by atoms with Gasteiger partial charge in [0, 0.05) is 11.8 Å². The summed E-state index contributed by atoms with van der Waals surface area (Å²) >= 11 is 0. The SMILES string of the molecule is O=C(O)CN=Cc1c2ccc(c1O)CCc1ccc(cc1)CC2. The first-order chi connectivity index (χ1) is 11.1. The van der Waals surface area contributed by atoms with Crippen molar-refractivity contribution in [2.75, 3.05) is 6.54 Å². The number of aromatic hydroxyl groups is 1. The average Bonchev–Trinajstić information content (AvgIpc) is 2.52. The summed E-state index contributed by atoms with van der Waals surface area (Å²) in [4.78, 5) is 14.6. The summed E-state index contributed by atoms with van der Waals surface area (Å²) in [6.45, 7) is -0.288. The van der Waals surface area contributed by atoms with Gasteiger partial charge < -0.3 is 10.2 Å². The van der Waals surface area contributed by atoms with E-state index >= 15 is 0 Å². The number of aliphatic carboxylic acids is 1. The second kappa shape index (κ2) is 6.65. The number of phenols is 1. The Morgan fingerprint density at radius 1 is 0.957 bits per heavy atom. The van der Waals surface area contributed by atoms with Gasteiger partial charge in [0.1, 0.15) is 12.3 Å². The van der Waals surface area contributed by atoms with Crippen LogP contribution in [0.15, 0.2) is 41.4 Å². The molecule has 0 spiro atoms. The highest BCUT2D eigenvalue weighted by atomic mass is 16.4. The normalized spacial score (nSPS) is 13.9. The summed E-state index contributed by atoms with van der Waals surface area (Å²) in [7, 11) is 0. The summed E-state index contributed by atoms with van der Waals surface area (Å²) in [5.74, 6) is -0.751. The molecule has 2 aromatic carbocycles. The molecule has 4 heteroatoms. The van der Waals surface area contributed by atoms with E-state index in [-0.39, 0.29) is 12.3 Å². The summed E-state index contributed by atoms with van der Waals surface area (Å²) in [6, 6.07) is 12.6. The van der Waals surface area contributed by atoms with Gasteiger partial charge in [0.15, 0.2) is 0 Å². The molecule has 6 rings (SSSR count). The third-order valence-electron chi connectivity index (χ3n) is 4.23. The smallest absolute Gasteiger partial charge is 0.325 e. The number of nitrogens with zero attached hydrogens (tertiary/aromatic N) is 1. The van der Waals surface area contributed by atoms with E-state index < -0.39 is 5.97 Å². The maximum atomic E-state index is 10.6. The van der Waals surface area contributed by atoms with Crippen molar-refractivity contribution in [2.45, 2.75) is 25.7 Å². The van der Waals surface area contributed by atoms with Crippen LogP contribution in [0.4, 0.5) is 0 Å². The van der Waals surface area contributed by atoms with E-state index in [2.05, 4.69) is 29.3 Å². The molecule has 4 nitrogen and oxygen atoms in total. The number of carboxylic acid groups (broad SMARTS) is 1. The second-order valence-electron chi connectivity index (χ2n) is 5.83. The molecular weight excluding hydrogens is 290 g/mol. The fraction of sp³-hybridized carbons (Fsp3) is 0.263. The van der Waals surface area contributed by atoms with Gasteiger partial charge in [-0.2, -0.15) is 0 Å². The third kappa shape index (κ3) is 3.59. The molecule has 2 aromatic rings. The number of carbonyl (C=O) groups is 1. The zero-order chi connectivity index (χ0) is 16.2. The van der Waals surface area contributed by atoms with Gasteiger partial charge in [-0.1, -0.05) is 36.4 Å². The first kappa shape index (κ1) is 15.3. The van der Waals surface area contributed by atoms with Crippen molar-refractivity contribution in [3.8, 4) is 5.75 Å². The second-order valence-corrected chi connectivity index (χ2v) is 5.83. The van der Waals surface area contributed by atoms with Crippen LogP contribution in [0.1, 0.15) is 27.8 Å². The monoisotopic (exact) mass is 309 g/mol. The van der Waals surface area contributed by atoms with Crippen molar-refractivity contribution in [3.63, 3.8) is 0 Å². The molecule has 23 heavy (non-hydrogen) atoms. The molecule has 0 radical (unpaired) electrons. The molecular formula is C19H19NO3. The predicted octanol–water partition coefficient (Wildman–Crippen LogP) is 2.78. The van der Waals surface area contributed by atoms with E-state index in [1.54, 1.807) is 0 Å². The molecule has 0 heterocycles. The minimum atomic E-state index is -0.979. The Hall–Kier alpha value is -2.62. The molecule has 4 aliphatic carbocycles. The van der Waals surface area contributed by atoms with Crippen LogP contribution in [0.5, 0.6) is 5.75 Å². The summed E-state index contributed by atoms with van der Waals surface area (Å²) in [5, 5.41) is 19.3. The van der Waals surface area contributed by atoms with Crippen LogP contribution in [0.2, 0.25) is 0 Å². The first-order valence-electron chi connectivity index (χ1n) is 7.76. The highest BCUT2D eigenvalue weighted by molar-refractivity contribution is 5.87. The maximum Gasteiger partial charge on any atom is 0.325 e. The van der Waals surface area contributed by atoms with Crippen LogP contribution in [-0.2, 0) is 30.5 Å². The quantitative estimate of drug-likeness (QED) is 0.857. The minimum Gasteiger partial charge on any atom is -0.507 e. The molecule has 2 N–H and O–H groups in total. The molecule has 118 valence electrons. The van der Waals surface area contributed by atoms with E-state index in [1.807, 2.05) is 12.1 Å². The number of hydrogen-bond donors (Lipinski definition) is 2. The Labute approximate surface area is 135 Å². The average molecular weight is 309 g/mol. The van der Waals surface area contributed by atoms with E-state index in [1.165, 1.54) is 17.3 Å².